The molecule has 3 aromatic carbocycles. The molecule has 0 fully saturated rings. The van der Waals surface area contributed by atoms with Gasteiger partial charge in [0.15, 0.2) is 0 Å². The summed E-state index contributed by atoms with van der Waals surface area (Å²) in [5.74, 6) is 0.649. The van der Waals surface area contributed by atoms with Crippen molar-refractivity contribution in [2.45, 2.75) is 12.8 Å². The summed E-state index contributed by atoms with van der Waals surface area (Å²) in [6, 6.07) is 25.5. The first-order chi connectivity index (χ1) is 13.7. The van der Waals surface area contributed by atoms with Crippen LogP contribution in [0.25, 0.3) is 0 Å². The van der Waals surface area contributed by atoms with E-state index in [0.29, 0.717) is 6.61 Å². The van der Waals surface area contributed by atoms with Gasteiger partial charge in [-0.2, -0.15) is 0 Å². The van der Waals surface area contributed by atoms with Gasteiger partial charge in [0.05, 0.1) is 13.2 Å². The quantitative estimate of drug-likeness (QED) is 0.432. The predicted molar refractivity (Wildman–Crippen MR) is 118 cm³/mol. The minimum absolute atomic E-state index is 0.107. The number of benzene rings is 3. The molecular formula is C23H23BrN2O2. The van der Waals surface area contributed by atoms with Crippen LogP contribution >= 0.6 is 15.9 Å². The highest BCUT2D eigenvalue weighted by Crippen LogP contribution is 2.18. The SMILES string of the molecule is O=C(CNc1ccc(Br)cc1)Nc1cccc(OCCCc2ccccc2)c1. The fourth-order valence-electron chi connectivity index (χ4n) is 2.73. The molecule has 0 radical (unpaired) electrons. The van der Waals surface area contributed by atoms with Crippen LogP contribution in [0.2, 0.25) is 0 Å². The first-order valence-electron chi connectivity index (χ1n) is 9.25. The maximum Gasteiger partial charge on any atom is 0.243 e. The van der Waals surface area contributed by atoms with Gasteiger partial charge in [-0.15, -0.1) is 0 Å². The second kappa shape index (κ2) is 10.5. The van der Waals surface area contributed by atoms with Crippen molar-refractivity contribution in [2.75, 3.05) is 23.8 Å². The van der Waals surface area contributed by atoms with Crippen molar-refractivity contribution < 1.29 is 9.53 Å². The highest BCUT2D eigenvalue weighted by atomic mass is 79.9. The molecule has 0 saturated carbocycles. The second-order valence-corrected chi connectivity index (χ2v) is 7.29. The lowest BCUT2D eigenvalue weighted by atomic mass is 10.1. The summed E-state index contributed by atoms with van der Waals surface area (Å²) < 4.78 is 6.82. The molecule has 3 rings (SSSR count). The Morgan fingerprint density at radius 3 is 2.46 bits per heavy atom. The van der Waals surface area contributed by atoms with Crippen LogP contribution in [0, 0.1) is 0 Å². The maximum atomic E-state index is 12.2. The molecule has 0 aliphatic carbocycles. The third kappa shape index (κ3) is 6.74. The summed E-state index contributed by atoms with van der Waals surface area (Å²) in [6.07, 6.45) is 1.93. The Bertz CT molecular complexity index is 883. The van der Waals surface area contributed by atoms with E-state index in [-0.39, 0.29) is 12.5 Å². The largest absolute Gasteiger partial charge is 0.494 e. The normalized spacial score (nSPS) is 10.3. The zero-order valence-electron chi connectivity index (χ0n) is 15.5. The van der Waals surface area contributed by atoms with Gasteiger partial charge in [0.2, 0.25) is 5.91 Å². The number of anilines is 2. The van der Waals surface area contributed by atoms with Crippen molar-refractivity contribution >= 4 is 33.2 Å². The molecular weight excluding hydrogens is 416 g/mol. The number of carbonyl (C=O) groups excluding carboxylic acids is 1. The van der Waals surface area contributed by atoms with E-state index in [0.717, 1.165) is 34.4 Å². The van der Waals surface area contributed by atoms with Crippen molar-refractivity contribution in [1.29, 1.82) is 0 Å². The monoisotopic (exact) mass is 438 g/mol. The van der Waals surface area contributed by atoms with Crippen LogP contribution < -0.4 is 15.4 Å². The van der Waals surface area contributed by atoms with E-state index in [1.807, 2.05) is 66.7 Å². The summed E-state index contributed by atoms with van der Waals surface area (Å²) in [4.78, 5) is 12.2. The van der Waals surface area contributed by atoms with Gasteiger partial charge in [0, 0.05) is 21.9 Å². The number of aryl methyl sites for hydroxylation is 1. The Labute approximate surface area is 174 Å². The van der Waals surface area contributed by atoms with E-state index >= 15 is 0 Å². The molecule has 0 heterocycles. The molecule has 0 atom stereocenters. The van der Waals surface area contributed by atoms with Crippen LogP contribution in [0.4, 0.5) is 11.4 Å². The van der Waals surface area contributed by atoms with Gasteiger partial charge < -0.3 is 15.4 Å². The summed E-state index contributed by atoms with van der Waals surface area (Å²) in [6.45, 7) is 0.835. The van der Waals surface area contributed by atoms with Crippen molar-refractivity contribution in [3.63, 3.8) is 0 Å². The van der Waals surface area contributed by atoms with E-state index in [1.165, 1.54) is 5.56 Å². The highest BCUT2D eigenvalue weighted by molar-refractivity contribution is 9.10. The molecule has 0 aliphatic rings. The molecule has 3 aromatic rings. The standard InChI is InChI=1S/C23H23BrN2O2/c24-19-11-13-20(14-12-19)25-17-23(27)26-21-9-4-10-22(16-21)28-15-5-8-18-6-2-1-3-7-18/h1-4,6-7,9-14,16,25H,5,8,15,17H2,(H,26,27). The van der Waals surface area contributed by atoms with Crippen molar-refractivity contribution in [1.82, 2.24) is 0 Å². The second-order valence-electron chi connectivity index (χ2n) is 6.37. The Balaban J connectivity index is 1.42. The maximum absolute atomic E-state index is 12.2. The van der Waals surface area contributed by atoms with Crippen LogP contribution in [0.5, 0.6) is 5.75 Å². The molecule has 0 spiro atoms. The smallest absolute Gasteiger partial charge is 0.243 e. The minimum atomic E-state index is -0.107. The first kappa shape index (κ1) is 20.0. The lowest BCUT2D eigenvalue weighted by molar-refractivity contribution is -0.114. The number of ether oxygens (including phenoxy) is 1. The summed E-state index contributed by atoms with van der Waals surface area (Å²) in [5.41, 5.74) is 2.93. The Morgan fingerprint density at radius 1 is 0.893 bits per heavy atom. The lowest BCUT2D eigenvalue weighted by Gasteiger charge is -2.10. The van der Waals surface area contributed by atoms with Gasteiger partial charge in [-0.1, -0.05) is 52.3 Å². The molecule has 0 aromatic heterocycles. The number of hydrogen-bond donors (Lipinski definition) is 2. The van der Waals surface area contributed by atoms with Gasteiger partial charge >= 0.3 is 0 Å². The first-order valence-corrected chi connectivity index (χ1v) is 10.0. The summed E-state index contributed by atoms with van der Waals surface area (Å²) in [5, 5.41) is 5.99. The lowest BCUT2D eigenvalue weighted by Crippen LogP contribution is -2.21. The number of amides is 1. The van der Waals surface area contributed by atoms with E-state index < -0.39 is 0 Å². The average molecular weight is 439 g/mol. The molecule has 0 saturated heterocycles. The molecule has 5 heteroatoms. The van der Waals surface area contributed by atoms with Crippen LogP contribution in [0.1, 0.15) is 12.0 Å². The molecule has 28 heavy (non-hydrogen) atoms. The van der Waals surface area contributed by atoms with Crippen LogP contribution in [0.15, 0.2) is 83.3 Å². The van der Waals surface area contributed by atoms with Gasteiger partial charge in [-0.25, -0.2) is 0 Å². The van der Waals surface area contributed by atoms with E-state index in [2.05, 4.69) is 38.7 Å². The molecule has 0 bridgehead atoms. The fraction of sp³-hybridized carbons (Fsp3) is 0.174. The van der Waals surface area contributed by atoms with Gasteiger partial charge in [-0.05, 0) is 54.8 Å². The summed E-state index contributed by atoms with van der Waals surface area (Å²) >= 11 is 3.39. The average Bonchev–Trinajstić information content (AvgIpc) is 2.72. The van der Waals surface area contributed by atoms with E-state index in [4.69, 9.17) is 4.74 Å². The Morgan fingerprint density at radius 2 is 1.68 bits per heavy atom. The number of rotatable bonds is 9. The van der Waals surface area contributed by atoms with E-state index in [9.17, 15) is 4.79 Å². The third-order valence-electron chi connectivity index (χ3n) is 4.14. The van der Waals surface area contributed by atoms with E-state index in [1.54, 1.807) is 0 Å². The molecule has 0 aliphatic heterocycles. The molecule has 1 amide bonds. The van der Waals surface area contributed by atoms with Gasteiger partial charge in [0.1, 0.15) is 5.75 Å². The molecule has 2 N–H and O–H groups in total. The summed E-state index contributed by atoms with van der Waals surface area (Å²) in [7, 11) is 0. The Kier molecular flexibility index (Phi) is 7.50. The number of hydrogen-bond acceptors (Lipinski definition) is 3. The molecule has 144 valence electrons. The number of nitrogens with one attached hydrogen (secondary N) is 2. The third-order valence-corrected chi connectivity index (χ3v) is 4.67. The van der Waals surface area contributed by atoms with Crippen LogP contribution in [-0.4, -0.2) is 19.1 Å². The molecule has 4 nitrogen and oxygen atoms in total. The Hall–Kier alpha value is -2.79. The van der Waals surface area contributed by atoms with Crippen LogP contribution in [0.3, 0.4) is 0 Å². The molecule has 0 unspecified atom stereocenters. The predicted octanol–water partition coefficient (Wildman–Crippen LogP) is 5.51. The van der Waals surface area contributed by atoms with Crippen molar-refractivity contribution in [2.24, 2.45) is 0 Å². The van der Waals surface area contributed by atoms with Crippen molar-refractivity contribution in [3.05, 3.63) is 88.9 Å². The van der Waals surface area contributed by atoms with Gasteiger partial charge in [0.25, 0.3) is 0 Å². The topological polar surface area (TPSA) is 50.4 Å². The van der Waals surface area contributed by atoms with Gasteiger partial charge in [-0.3, -0.25) is 4.79 Å². The zero-order chi connectivity index (χ0) is 19.6. The minimum Gasteiger partial charge on any atom is -0.494 e. The highest BCUT2D eigenvalue weighted by Gasteiger charge is 2.04. The fourth-order valence-corrected chi connectivity index (χ4v) is 2.99. The number of halogens is 1. The van der Waals surface area contributed by atoms with Crippen LogP contribution in [-0.2, 0) is 11.2 Å². The van der Waals surface area contributed by atoms with Crippen molar-refractivity contribution in [3.8, 4) is 5.75 Å². The zero-order valence-corrected chi connectivity index (χ0v) is 17.1. The number of carbonyl (C=O) groups is 1.